The number of rotatable bonds is 7. The lowest BCUT2D eigenvalue weighted by atomic mass is 10.0. The molecular weight excluding hydrogens is 340 g/mol. The number of nitrogens with one attached hydrogen (secondary N) is 2. The van der Waals surface area contributed by atoms with E-state index < -0.39 is 0 Å². The molecular formula is C21H28N4O2. The van der Waals surface area contributed by atoms with Crippen LogP contribution in [0.25, 0.3) is 0 Å². The maximum atomic E-state index is 12.5. The van der Waals surface area contributed by atoms with E-state index in [1.165, 1.54) is 5.56 Å². The second-order valence-electron chi connectivity index (χ2n) is 7.04. The number of morpholine rings is 1. The summed E-state index contributed by atoms with van der Waals surface area (Å²) in [6, 6.07) is 11.6. The third-order valence-corrected chi connectivity index (χ3v) is 4.69. The molecule has 2 heterocycles. The summed E-state index contributed by atoms with van der Waals surface area (Å²) in [6.45, 7) is 9.62. The van der Waals surface area contributed by atoms with Crippen molar-refractivity contribution < 1.29 is 9.53 Å². The lowest BCUT2D eigenvalue weighted by Crippen LogP contribution is -2.39. The third kappa shape index (κ3) is 5.77. The Kier molecular flexibility index (Phi) is 6.79. The molecule has 3 rings (SSSR count). The van der Waals surface area contributed by atoms with Crippen LogP contribution in [-0.2, 0) is 4.74 Å². The lowest BCUT2D eigenvalue weighted by Gasteiger charge is -2.26. The van der Waals surface area contributed by atoms with Gasteiger partial charge in [-0.3, -0.25) is 14.7 Å². The number of nitrogens with zero attached hydrogens (tertiary/aromatic N) is 2. The van der Waals surface area contributed by atoms with Gasteiger partial charge in [-0.05, 0) is 35.7 Å². The molecule has 6 heteroatoms. The maximum Gasteiger partial charge on any atom is 0.274 e. The molecule has 0 spiro atoms. The highest BCUT2D eigenvalue weighted by Gasteiger charge is 2.11. The van der Waals surface area contributed by atoms with E-state index in [1.54, 1.807) is 12.3 Å². The smallest absolute Gasteiger partial charge is 0.274 e. The lowest BCUT2D eigenvalue weighted by molar-refractivity contribution is 0.0398. The maximum absolute atomic E-state index is 12.5. The molecule has 1 amide bonds. The molecule has 2 N–H and O–H groups in total. The number of carbonyl (C=O) groups excluding carboxylic acids is 1. The molecule has 1 aliphatic rings. The fourth-order valence-electron chi connectivity index (χ4n) is 2.99. The van der Waals surface area contributed by atoms with E-state index in [4.69, 9.17) is 4.74 Å². The Morgan fingerprint density at radius 1 is 1.15 bits per heavy atom. The largest absolute Gasteiger partial charge is 0.384 e. The van der Waals surface area contributed by atoms with Crippen molar-refractivity contribution in [3.63, 3.8) is 0 Å². The summed E-state index contributed by atoms with van der Waals surface area (Å²) in [5.41, 5.74) is 3.33. The number of aromatic nitrogens is 1. The van der Waals surface area contributed by atoms with Crippen molar-refractivity contribution in [2.24, 2.45) is 0 Å². The van der Waals surface area contributed by atoms with Crippen molar-refractivity contribution in [3.05, 3.63) is 53.9 Å². The second-order valence-corrected chi connectivity index (χ2v) is 7.04. The molecule has 1 aliphatic heterocycles. The van der Waals surface area contributed by atoms with Crippen molar-refractivity contribution in [3.8, 4) is 0 Å². The van der Waals surface area contributed by atoms with Crippen molar-refractivity contribution in [1.29, 1.82) is 0 Å². The van der Waals surface area contributed by atoms with Crippen LogP contribution in [0, 0.1) is 0 Å². The number of hydrogen-bond donors (Lipinski definition) is 2. The van der Waals surface area contributed by atoms with E-state index in [9.17, 15) is 4.79 Å². The number of carbonyl (C=O) groups is 1. The highest BCUT2D eigenvalue weighted by Crippen LogP contribution is 2.18. The molecule has 0 saturated carbocycles. The average molecular weight is 368 g/mol. The molecule has 0 aliphatic carbocycles. The first-order chi connectivity index (χ1) is 13.1. The van der Waals surface area contributed by atoms with Gasteiger partial charge in [-0.2, -0.15) is 0 Å². The van der Waals surface area contributed by atoms with Gasteiger partial charge in [0.2, 0.25) is 0 Å². The second kappa shape index (κ2) is 9.48. The van der Waals surface area contributed by atoms with E-state index in [0.29, 0.717) is 11.6 Å². The van der Waals surface area contributed by atoms with Crippen molar-refractivity contribution >= 4 is 17.3 Å². The van der Waals surface area contributed by atoms with Crippen LogP contribution in [0.15, 0.2) is 42.6 Å². The summed E-state index contributed by atoms with van der Waals surface area (Å²) in [7, 11) is 0. The van der Waals surface area contributed by atoms with Crippen LogP contribution in [-0.4, -0.2) is 55.2 Å². The Morgan fingerprint density at radius 2 is 1.89 bits per heavy atom. The molecule has 1 aromatic carbocycles. The molecule has 2 aromatic rings. The van der Waals surface area contributed by atoms with Crippen molar-refractivity contribution in [2.75, 3.05) is 50.0 Å². The van der Waals surface area contributed by atoms with Crippen molar-refractivity contribution in [2.45, 2.75) is 19.8 Å². The highest BCUT2D eigenvalue weighted by atomic mass is 16.5. The topological polar surface area (TPSA) is 66.5 Å². The summed E-state index contributed by atoms with van der Waals surface area (Å²) in [6.07, 6.45) is 1.66. The van der Waals surface area contributed by atoms with Gasteiger partial charge in [0.25, 0.3) is 5.91 Å². The van der Waals surface area contributed by atoms with E-state index in [1.807, 2.05) is 30.3 Å². The minimum absolute atomic E-state index is 0.205. The Bertz CT molecular complexity index is 740. The zero-order valence-electron chi connectivity index (χ0n) is 16.1. The molecule has 6 nitrogen and oxygen atoms in total. The number of ether oxygens (including phenoxy) is 1. The quantitative estimate of drug-likeness (QED) is 0.786. The first-order valence-corrected chi connectivity index (χ1v) is 9.53. The molecule has 144 valence electrons. The van der Waals surface area contributed by atoms with Crippen LogP contribution in [0.4, 0.5) is 11.4 Å². The zero-order valence-corrected chi connectivity index (χ0v) is 16.1. The predicted molar refractivity (Wildman–Crippen MR) is 108 cm³/mol. The standard InChI is InChI=1S/C21H28N4O2/c1-16(2)17-3-5-18(6-4-17)24-21(26)20-15-19(7-8-23-20)22-9-10-25-11-13-27-14-12-25/h3-8,15-16H,9-14H2,1-2H3,(H,22,23)(H,24,26). The minimum atomic E-state index is -0.205. The third-order valence-electron chi connectivity index (χ3n) is 4.69. The molecule has 0 bridgehead atoms. The summed E-state index contributed by atoms with van der Waals surface area (Å²) >= 11 is 0. The number of amides is 1. The molecule has 0 unspecified atom stereocenters. The van der Waals surface area contributed by atoms with Gasteiger partial charge in [0.1, 0.15) is 5.69 Å². The Morgan fingerprint density at radius 3 is 2.59 bits per heavy atom. The van der Waals surface area contributed by atoms with Crippen LogP contribution >= 0.6 is 0 Å². The van der Waals surface area contributed by atoms with Gasteiger partial charge in [-0.15, -0.1) is 0 Å². The number of anilines is 2. The van der Waals surface area contributed by atoms with Gasteiger partial charge in [0.05, 0.1) is 13.2 Å². The fourth-order valence-corrected chi connectivity index (χ4v) is 2.99. The average Bonchev–Trinajstić information content (AvgIpc) is 2.69. The Labute approximate surface area is 160 Å². The molecule has 27 heavy (non-hydrogen) atoms. The van der Waals surface area contributed by atoms with E-state index in [0.717, 1.165) is 50.8 Å². The Hall–Kier alpha value is -2.44. The SMILES string of the molecule is CC(C)c1ccc(NC(=O)c2cc(NCCN3CCOCC3)ccn2)cc1. The summed E-state index contributed by atoms with van der Waals surface area (Å²) in [5, 5.41) is 6.28. The van der Waals surface area contributed by atoms with Crippen molar-refractivity contribution in [1.82, 2.24) is 9.88 Å². The summed E-state index contributed by atoms with van der Waals surface area (Å²) in [4.78, 5) is 19.1. The van der Waals surface area contributed by atoms with Crippen LogP contribution in [0.1, 0.15) is 35.8 Å². The van der Waals surface area contributed by atoms with Crippen LogP contribution in [0.3, 0.4) is 0 Å². The van der Waals surface area contributed by atoms with Gasteiger partial charge >= 0.3 is 0 Å². The van der Waals surface area contributed by atoms with E-state index >= 15 is 0 Å². The van der Waals surface area contributed by atoms with Gasteiger partial charge in [0.15, 0.2) is 0 Å². The van der Waals surface area contributed by atoms with Crippen LogP contribution < -0.4 is 10.6 Å². The highest BCUT2D eigenvalue weighted by molar-refractivity contribution is 6.03. The predicted octanol–water partition coefficient (Wildman–Crippen LogP) is 3.20. The monoisotopic (exact) mass is 368 g/mol. The van der Waals surface area contributed by atoms with Gasteiger partial charge < -0.3 is 15.4 Å². The first-order valence-electron chi connectivity index (χ1n) is 9.53. The fraction of sp³-hybridized carbons (Fsp3) is 0.429. The summed E-state index contributed by atoms with van der Waals surface area (Å²) in [5.74, 6) is 0.265. The zero-order chi connectivity index (χ0) is 19.1. The van der Waals surface area contributed by atoms with E-state index in [-0.39, 0.29) is 5.91 Å². The molecule has 1 saturated heterocycles. The normalized spacial score (nSPS) is 14.9. The first kappa shape index (κ1) is 19.3. The number of pyridine rings is 1. The molecule has 1 aromatic heterocycles. The number of benzene rings is 1. The summed E-state index contributed by atoms with van der Waals surface area (Å²) < 4.78 is 5.36. The Balaban J connectivity index is 1.53. The molecule has 0 radical (unpaired) electrons. The van der Waals surface area contributed by atoms with Gasteiger partial charge in [-0.1, -0.05) is 26.0 Å². The molecule has 0 atom stereocenters. The van der Waals surface area contributed by atoms with Gasteiger partial charge in [-0.25, -0.2) is 0 Å². The van der Waals surface area contributed by atoms with Crippen LogP contribution in [0.5, 0.6) is 0 Å². The minimum Gasteiger partial charge on any atom is -0.384 e. The van der Waals surface area contributed by atoms with Crippen LogP contribution in [0.2, 0.25) is 0 Å². The van der Waals surface area contributed by atoms with E-state index in [2.05, 4.69) is 34.4 Å². The molecule has 1 fully saturated rings. The van der Waals surface area contributed by atoms with Gasteiger partial charge in [0, 0.05) is 43.8 Å². The number of hydrogen-bond acceptors (Lipinski definition) is 5.